The summed E-state index contributed by atoms with van der Waals surface area (Å²) in [4.78, 5) is 25.0. The summed E-state index contributed by atoms with van der Waals surface area (Å²) in [6, 6.07) is 21.8. The molecule has 0 bridgehead atoms. The Balaban J connectivity index is 1.69. The minimum Gasteiger partial charge on any atom is -0.495 e. The number of para-hydroxylation sites is 2. The maximum atomic E-state index is 12.6. The summed E-state index contributed by atoms with van der Waals surface area (Å²) in [5.74, 6) is 0.0363. The van der Waals surface area contributed by atoms with E-state index in [-0.39, 0.29) is 11.8 Å². The lowest BCUT2D eigenvalue weighted by Gasteiger charge is -2.11. The van der Waals surface area contributed by atoms with E-state index < -0.39 is 0 Å². The van der Waals surface area contributed by atoms with Crippen LogP contribution in [0.2, 0.25) is 0 Å². The van der Waals surface area contributed by atoms with Crippen LogP contribution in [0.25, 0.3) is 0 Å². The van der Waals surface area contributed by atoms with E-state index in [0.717, 1.165) is 11.1 Å². The number of anilines is 1. The highest BCUT2D eigenvalue weighted by Crippen LogP contribution is 2.23. The Kier molecular flexibility index (Phi) is 6.07. The smallest absolute Gasteiger partial charge is 0.255 e. The molecule has 3 rings (SSSR count). The van der Waals surface area contributed by atoms with Gasteiger partial charge in [0.25, 0.3) is 11.8 Å². The second-order valence-corrected chi connectivity index (χ2v) is 6.41. The van der Waals surface area contributed by atoms with Crippen LogP contribution in [0.3, 0.4) is 0 Å². The largest absolute Gasteiger partial charge is 0.495 e. The van der Waals surface area contributed by atoms with Gasteiger partial charge >= 0.3 is 0 Å². The highest BCUT2D eigenvalue weighted by atomic mass is 16.5. The molecule has 0 aliphatic carbocycles. The van der Waals surface area contributed by atoms with Crippen LogP contribution in [-0.4, -0.2) is 18.9 Å². The van der Waals surface area contributed by atoms with Crippen molar-refractivity contribution in [2.24, 2.45) is 0 Å². The molecule has 0 aliphatic heterocycles. The van der Waals surface area contributed by atoms with E-state index in [1.54, 1.807) is 43.5 Å². The number of aryl methyl sites for hydroxylation is 1. The molecule has 0 atom stereocenters. The standard InChI is InChI=1S/C23H22N2O3/c1-16-7-5-8-17(13-16)15-24-22(26)18-9-6-10-19(14-18)23(27)25-20-11-3-4-12-21(20)28-2/h3-14H,15H2,1-2H3,(H,24,26)(H,25,27). The van der Waals surface area contributed by atoms with Crippen LogP contribution in [0, 0.1) is 6.92 Å². The molecule has 5 heteroatoms. The van der Waals surface area contributed by atoms with Crippen LogP contribution >= 0.6 is 0 Å². The Hall–Kier alpha value is -3.60. The van der Waals surface area contributed by atoms with Gasteiger partial charge in [-0.2, -0.15) is 0 Å². The Labute approximate surface area is 164 Å². The zero-order chi connectivity index (χ0) is 19.9. The number of nitrogens with one attached hydrogen (secondary N) is 2. The number of methoxy groups -OCH3 is 1. The first-order chi connectivity index (χ1) is 13.6. The molecule has 0 spiro atoms. The number of carbonyl (C=O) groups is 2. The van der Waals surface area contributed by atoms with Gasteiger partial charge in [0.15, 0.2) is 0 Å². The fourth-order valence-corrected chi connectivity index (χ4v) is 2.85. The van der Waals surface area contributed by atoms with E-state index in [9.17, 15) is 9.59 Å². The monoisotopic (exact) mass is 374 g/mol. The molecule has 28 heavy (non-hydrogen) atoms. The van der Waals surface area contributed by atoms with Crippen molar-refractivity contribution in [2.45, 2.75) is 13.5 Å². The van der Waals surface area contributed by atoms with Crippen molar-refractivity contribution in [3.8, 4) is 5.75 Å². The van der Waals surface area contributed by atoms with Gasteiger partial charge in [0.05, 0.1) is 12.8 Å². The number of amides is 2. The quantitative estimate of drug-likeness (QED) is 0.680. The highest BCUT2D eigenvalue weighted by molar-refractivity contribution is 6.06. The van der Waals surface area contributed by atoms with Crippen molar-refractivity contribution >= 4 is 17.5 Å². The minimum atomic E-state index is -0.308. The molecular weight excluding hydrogens is 352 g/mol. The number of rotatable bonds is 6. The van der Waals surface area contributed by atoms with Crippen molar-refractivity contribution in [1.29, 1.82) is 0 Å². The van der Waals surface area contributed by atoms with Gasteiger partial charge in [-0.15, -0.1) is 0 Å². The number of benzene rings is 3. The average molecular weight is 374 g/mol. The lowest BCUT2D eigenvalue weighted by Crippen LogP contribution is -2.23. The van der Waals surface area contributed by atoms with E-state index in [2.05, 4.69) is 10.6 Å². The Morgan fingerprint density at radius 3 is 2.32 bits per heavy atom. The van der Waals surface area contributed by atoms with Crippen molar-refractivity contribution in [2.75, 3.05) is 12.4 Å². The molecule has 3 aromatic carbocycles. The third kappa shape index (κ3) is 4.76. The van der Waals surface area contributed by atoms with Crippen LogP contribution in [0.15, 0.2) is 72.8 Å². The van der Waals surface area contributed by atoms with Crippen LogP contribution in [-0.2, 0) is 6.54 Å². The molecule has 2 amide bonds. The van der Waals surface area contributed by atoms with Crippen LogP contribution in [0.1, 0.15) is 31.8 Å². The van der Waals surface area contributed by atoms with Gasteiger partial charge in [-0.1, -0.05) is 48.0 Å². The van der Waals surface area contributed by atoms with Gasteiger partial charge in [-0.05, 0) is 42.8 Å². The summed E-state index contributed by atoms with van der Waals surface area (Å²) >= 11 is 0. The van der Waals surface area contributed by atoms with Crippen molar-refractivity contribution in [3.05, 3.63) is 95.1 Å². The Morgan fingerprint density at radius 1 is 0.857 bits per heavy atom. The third-order valence-corrected chi connectivity index (χ3v) is 4.28. The van der Waals surface area contributed by atoms with Crippen molar-refractivity contribution < 1.29 is 14.3 Å². The summed E-state index contributed by atoms with van der Waals surface area (Å²) in [7, 11) is 1.55. The summed E-state index contributed by atoms with van der Waals surface area (Å²) in [5, 5.41) is 5.70. The molecule has 0 saturated heterocycles. The molecule has 5 nitrogen and oxygen atoms in total. The number of ether oxygens (including phenoxy) is 1. The van der Waals surface area contributed by atoms with Gasteiger partial charge in [-0.3, -0.25) is 9.59 Å². The van der Waals surface area contributed by atoms with Gasteiger partial charge in [0, 0.05) is 17.7 Å². The summed E-state index contributed by atoms with van der Waals surface area (Å²) in [6.45, 7) is 2.44. The summed E-state index contributed by atoms with van der Waals surface area (Å²) in [5.41, 5.74) is 3.57. The molecule has 2 N–H and O–H groups in total. The number of hydrogen-bond acceptors (Lipinski definition) is 3. The lowest BCUT2D eigenvalue weighted by molar-refractivity contribution is 0.0951. The molecule has 3 aromatic rings. The fraction of sp³-hybridized carbons (Fsp3) is 0.130. The highest BCUT2D eigenvalue weighted by Gasteiger charge is 2.12. The Bertz CT molecular complexity index is 998. The molecule has 0 radical (unpaired) electrons. The van der Waals surface area contributed by atoms with E-state index in [1.165, 1.54) is 0 Å². The predicted octanol–water partition coefficient (Wildman–Crippen LogP) is 4.19. The normalized spacial score (nSPS) is 10.2. The lowest BCUT2D eigenvalue weighted by atomic mass is 10.1. The third-order valence-electron chi connectivity index (χ3n) is 4.28. The molecule has 0 aromatic heterocycles. The van der Waals surface area contributed by atoms with Crippen LogP contribution in [0.5, 0.6) is 5.75 Å². The molecule has 0 fully saturated rings. The predicted molar refractivity (Wildman–Crippen MR) is 110 cm³/mol. The molecule has 0 unspecified atom stereocenters. The maximum Gasteiger partial charge on any atom is 0.255 e. The van der Waals surface area contributed by atoms with Gasteiger partial charge in [0.1, 0.15) is 5.75 Å². The molecule has 0 heterocycles. The van der Waals surface area contributed by atoms with Gasteiger partial charge in [-0.25, -0.2) is 0 Å². The van der Waals surface area contributed by atoms with Gasteiger partial charge in [0.2, 0.25) is 0 Å². The fourth-order valence-electron chi connectivity index (χ4n) is 2.85. The molecule has 142 valence electrons. The van der Waals surface area contributed by atoms with E-state index in [0.29, 0.717) is 29.1 Å². The zero-order valence-corrected chi connectivity index (χ0v) is 15.9. The maximum absolute atomic E-state index is 12.6. The minimum absolute atomic E-state index is 0.228. The molecule has 0 aliphatic rings. The van der Waals surface area contributed by atoms with Crippen molar-refractivity contribution in [1.82, 2.24) is 5.32 Å². The van der Waals surface area contributed by atoms with Crippen molar-refractivity contribution in [3.63, 3.8) is 0 Å². The van der Waals surface area contributed by atoms with Gasteiger partial charge < -0.3 is 15.4 Å². The van der Waals surface area contributed by atoms with E-state index >= 15 is 0 Å². The SMILES string of the molecule is COc1ccccc1NC(=O)c1cccc(C(=O)NCc2cccc(C)c2)c1. The van der Waals surface area contributed by atoms with E-state index in [4.69, 9.17) is 4.74 Å². The first-order valence-electron chi connectivity index (χ1n) is 8.95. The number of hydrogen-bond donors (Lipinski definition) is 2. The zero-order valence-electron chi connectivity index (χ0n) is 15.9. The Morgan fingerprint density at radius 2 is 1.57 bits per heavy atom. The topological polar surface area (TPSA) is 67.4 Å². The first kappa shape index (κ1) is 19.2. The van der Waals surface area contributed by atoms with Crippen LogP contribution in [0.4, 0.5) is 5.69 Å². The average Bonchev–Trinajstić information content (AvgIpc) is 2.72. The molecule has 0 saturated carbocycles. The second kappa shape index (κ2) is 8.86. The summed E-state index contributed by atoms with van der Waals surface area (Å²) < 4.78 is 5.25. The second-order valence-electron chi connectivity index (χ2n) is 6.41. The van der Waals surface area contributed by atoms with Crippen LogP contribution < -0.4 is 15.4 Å². The van der Waals surface area contributed by atoms with E-state index in [1.807, 2.05) is 43.3 Å². The molecular formula is C23H22N2O3. The number of carbonyl (C=O) groups excluding carboxylic acids is 2. The first-order valence-corrected chi connectivity index (χ1v) is 8.95. The summed E-state index contributed by atoms with van der Waals surface area (Å²) in [6.07, 6.45) is 0.